The van der Waals surface area contributed by atoms with Crippen molar-refractivity contribution in [3.63, 3.8) is 0 Å². The van der Waals surface area contributed by atoms with Crippen molar-refractivity contribution in [2.45, 2.75) is 12.1 Å². The molecule has 2 aromatic heterocycles. The third-order valence-corrected chi connectivity index (χ3v) is 4.82. The molecular formula is C13H11N7O3S2. The second kappa shape index (κ2) is 7.36. The van der Waals surface area contributed by atoms with Gasteiger partial charge in [-0.2, -0.15) is 4.68 Å². The number of tetrazole rings is 1. The Bertz CT molecular complexity index is 924. The van der Waals surface area contributed by atoms with Gasteiger partial charge in [-0.15, -0.1) is 5.10 Å². The van der Waals surface area contributed by atoms with Crippen LogP contribution in [0.5, 0.6) is 0 Å². The Labute approximate surface area is 149 Å². The lowest BCUT2D eigenvalue weighted by Gasteiger charge is -2.06. The van der Waals surface area contributed by atoms with Crippen LogP contribution in [0.4, 0.5) is 10.1 Å². The van der Waals surface area contributed by atoms with Gasteiger partial charge in [0, 0.05) is 0 Å². The van der Waals surface area contributed by atoms with Crippen LogP contribution in [0, 0.1) is 17.0 Å². The Balaban J connectivity index is 1.64. The molecule has 0 fully saturated rings. The summed E-state index contributed by atoms with van der Waals surface area (Å²) in [6, 6.07) is 7.61. The number of thioether (sulfide) groups is 1. The summed E-state index contributed by atoms with van der Waals surface area (Å²) in [7, 11) is 0. The summed E-state index contributed by atoms with van der Waals surface area (Å²) in [5.74, 6) is -0.312. The summed E-state index contributed by atoms with van der Waals surface area (Å²) in [5.41, 5.74) is 1.82. The minimum Gasteiger partial charge on any atom is -0.301 e. The molecule has 0 unspecified atom stereocenters. The van der Waals surface area contributed by atoms with E-state index in [9.17, 15) is 14.9 Å². The molecule has 2 heterocycles. The molecule has 1 amide bonds. The summed E-state index contributed by atoms with van der Waals surface area (Å²) in [6.45, 7) is 1.94. The zero-order chi connectivity index (χ0) is 17.8. The molecule has 1 aromatic carbocycles. The summed E-state index contributed by atoms with van der Waals surface area (Å²) < 4.78 is 1.56. The molecule has 0 bridgehead atoms. The number of rotatable bonds is 6. The molecule has 10 nitrogen and oxygen atoms in total. The summed E-state index contributed by atoms with van der Waals surface area (Å²) >= 11 is 1.95. The average Bonchev–Trinajstić information content (AvgIpc) is 3.22. The van der Waals surface area contributed by atoms with Gasteiger partial charge in [-0.25, -0.2) is 4.98 Å². The first-order valence-corrected chi connectivity index (χ1v) is 8.72. The molecule has 3 aromatic rings. The van der Waals surface area contributed by atoms with Crippen LogP contribution in [-0.4, -0.2) is 41.8 Å². The lowest BCUT2D eigenvalue weighted by Crippen LogP contribution is -2.14. The largest absolute Gasteiger partial charge is 0.345 e. The third kappa shape index (κ3) is 3.97. The normalized spacial score (nSPS) is 10.6. The molecule has 0 radical (unpaired) electrons. The summed E-state index contributed by atoms with van der Waals surface area (Å²) in [4.78, 5) is 25.8. The predicted molar refractivity (Wildman–Crippen MR) is 92.0 cm³/mol. The fraction of sp³-hybridized carbons (Fsp3) is 0.154. The summed E-state index contributed by atoms with van der Waals surface area (Å²) in [6.07, 6.45) is 1.10. The number of carbonyl (C=O) groups is 1. The van der Waals surface area contributed by atoms with E-state index in [0.717, 1.165) is 40.5 Å². The van der Waals surface area contributed by atoms with Gasteiger partial charge in [-0.05, 0) is 40.3 Å². The smallest absolute Gasteiger partial charge is 0.301 e. The minimum absolute atomic E-state index is 0.0413. The monoisotopic (exact) mass is 377 g/mol. The fourth-order valence-electron chi connectivity index (χ4n) is 1.91. The number of amides is 1. The maximum Gasteiger partial charge on any atom is 0.345 e. The number of aryl methyl sites for hydroxylation is 1. The van der Waals surface area contributed by atoms with E-state index in [-0.39, 0.29) is 21.8 Å². The zero-order valence-corrected chi connectivity index (χ0v) is 14.5. The van der Waals surface area contributed by atoms with E-state index in [1.807, 2.05) is 31.2 Å². The van der Waals surface area contributed by atoms with Crippen molar-refractivity contribution < 1.29 is 9.72 Å². The number of anilines is 1. The standard InChI is InChI=1S/C13H11N7O3S2/c1-8-4-2-3-5-9(8)19-13(16-17-18-19)24-7-10(21)15-12-14-6-11(25-12)20(22)23/h2-6H,7H2,1H3,(H,14,15,21). The van der Waals surface area contributed by atoms with Crippen molar-refractivity contribution in [2.24, 2.45) is 0 Å². The first kappa shape index (κ1) is 17.0. The van der Waals surface area contributed by atoms with E-state index in [4.69, 9.17) is 0 Å². The number of hydrogen-bond donors (Lipinski definition) is 1. The number of hydrogen-bond acceptors (Lipinski definition) is 9. The number of nitro groups is 1. The first-order valence-electron chi connectivity index (χ1n) is 6.92. The number of aromatic nitrogens is 5. The third-order valence-electron chi connectivity index (χ3n) is 3.04. The molecule has 128 valence electrons. The second-order valence-electron chi connectivity index (χ2n) is 4.76. The van der Waals surface area contributed by atoms with Gasteiger partial charge in [0.05, 0.1) is 16.4 Å². The van der Waals surface area contributed by atoms with Crippen molar-refractivity contribution >= 4 is 39.1 Å². The fourth-order valence-corrected chi connectivity index (χ4v) is 3.25. The van der Waals surface area contributed by atoms with Crippen LogP contribution < -0.4 is 5.32 Å². The van der Waals surface area contributed by atoms with Crippen LogP contribution in [0.15, 0.2) is 35.6 Å². The quantitative estimate of drug-likeness (QED) is 0.393. The van der Waals surface area contributed by atoms with Gasteiger partial charge >= 0.3 is 5.00 Å². The maximum absolute atomic E-state index is 12.0. The zero-order valence-electron chi connectivity index (χ0n) is 12.8. The highest BCUT2D eigenvalue weighted by molar-refractivity contribution is 7.99. The predicted octanol–water partition coefficient (Wildman–Crippen LogP) is 2.07. The average molecular weight is 377 g/mol. The molecule has 12 heteroatoms. The van der Waals surface area contributed by atoms with Crippen molar-refractivity contribution in [1.29, 1.82) is 0 Å². The van der Waals surface area contributed by atoms with Crippen molar-refractivity contribution in [3.05, 3.63) is 46.1 Å². The highest BCUT2D eigenvalue weighted by Gasteiger charge is 2.16. The highest BCUT2D eigenvalue weighted by Crippen LogP contribution is 2.25. The van der Waals surface area contributed by atoms with Crippen molar-refractivity contribution in [2.75, 3.05) is 11.1 Å². The van der Waals surface area contributed by atoms with E-state index in [1.165, 1.54) is 0 Å². The molecule has 0 saturated heterocycles. The Morgan fingerprint density at radius 2 is 2.24 bits per heavy atom. The molecule has 0 aliphatic carbocycles. The number of nitrogens with one attached hydrogen (secondary N) is 1. The maximum atomic E-state index is 12.0. The van der Waals surface area contributed by atoms with Crippen LogP contribution in [0.3, 0.4) is 0 Å². The molecule has 0 spiro atoms. The highest BCUT2D eigenvalue weighted by atomic mass is 32.2. The van der Waals surface area contributed by atoms with Crippen molar-refractivity contribution in [1.82, 2.24) is 25.2 Å². The molecule has 1 N–H and O–H groups in total. The van der Waals surface area contributed by atoms with E-state index in [0.29, 0.717) is 5.16 Å². The number of thiazole rings is 1. The number of nitrogens with zero attached hydrogens (tertiary/aromatic N) is 6. The van der Waals surface area contributed by atoms with Crippen LogP contribution in [0.1, 0.15) is 5.56 Å². The van der Waals surface area contributed by atoms with Gasteiger partial charge < -0.3 is 5.32 Å². The van der Waals surface area contributed by atoms with Gasteiger partial charge in [0.15, 0.2) is 5.13 Å². The second-order valence-corrected chi connectivity index (χ2v) is 6.71. The Morgan fingerprint density at radius 1 is 1.44 bits per heavy atom. The number of benzene rings is 1. The van der Waals surface area contributed by atoms with Crippen molar-refractivity contribution in [3.8, 4) is 5.69 Å². The first-order chi connectivity index (χ1) is 12.0. The molecule has 0 atom stereocenters. The van der Waals surface area contributed by atoms with E-state index in [1.54, 1.807) is 4.68 Å². The number of carbonyl (C=O) groups excluding carboxylic acids is 1. The van der Waals surface area contributed by atoms with Gasteiger partial charge in [-0.3, -0.25) is 14.9 Å². The molecule has 0 aliphatic rings. The van der Waals surface area contributed by atoms with Crippen LogP contribution in [0.25, 0.3) is 5.69 Å². The Hall–Kier alpha value is -2.86. The SMILES string of the molecule is Cc1ccccc1-n1nnnc1SCC(=O)Nc1ncc([N+](=O)[O-])s1. The van der Waals surface area contributed by atoms with E-state index in [2.05, 4.69) is 25.8 Å². The van der Waals surface area contributed by atoms with E-state index >= 15 is 0 Å². The van der Waals surface area contributed by atoms with Crippen LogP contribution >= 0.6 is 23.1 Å². The molecule has 0 saturated carbocycles. The number of para-hydroxylation sites is 1. The Morgan fingerprint density at radius 3 is 2.96 bits per heavy atom. The van der Waals surface area contributed by atoms with Gasteiger partial charge in [0.2, 0.25) is 11.1 Å². The van der Waals surface area contributed by atoms with Crippen LogP contribution in [0.2, 0.25) is 0 Å². The minimum atomic E-state index is -0.557. The van der Waals surface area contributed by atoms with Crippen LogP contribution in [-0.2, 0) is 4.79 Å². The topological polar surface area (TPSA) is 129 Å². The Kier molecular flexibility index (Phi) is 5.00. The van der Waals surface area contributed by atoms with Gasteiger partial charge in [-0.1, -0.05) is 30.0 Å². The molecule has 25 heavy (non-hydrogen) atoms. The van der Waals surface area contributed by atoms with Gasteiger partial charge in [0.1, 0.15) is 6.20 Å². The lowest BCUT2D eigenvalue weighted by atomic mass is 10.2. The van der Waals surface area contributed by atoms with Gasteiger partial charge in [0.25, 0.3) is 0 Å². The lowest BCUT2D eigenvalue weighted by molar-refractivity contribution is -0.380. The molecular weight excluding hydrogens is 366 g/mol. The summed E-state index contributed by atoms with van der Waals surface area (Å²) in [5, 5.41) is 25.2. The molecule has 0 aliphatic heterocycles. The van der Waals surface area contributed by atoms with E-state index < -0.39 is 4.92 Å². The molecule has 3 rings (SSSR count).